The van der Waals surface area contributed by atoms with E-state index in [-0.39, 0.29) is 18.8 Å². The molecule has 0 heterocycles. The van der Waals surface area contributed by atoms with Gasteiger partial charge in [-0.25, -0.2) is 0 Å². The van der Waals surface area contributed by atoms with Gasteiger partial charge in [0.05, 0.1) is 0 Å². The Morgan fingerprint density at radius 3 is 2.17 bits per heavy atom. The Morgan fingerprint density at radius 1 is 0.913 bits per heavy atom. The third-order valence-corrected chi connectivity index (χ3v) is 3.47. The van der Waals surface area contributed by atoms with E-state index >= 15 is 0 Å². The summed E-state index contributed by atoms with van der Waals surface area (Å²) in [6.07, 6.45) is 0.149. The molecule has 23 heavy (non-hydrogen) atoms. The molecule has 0 fully saturated rings. The molecule has 4 N–H and O–H groups in total. The van der Waals surface area contributed by atoms with Crippen molar-refractivity contribution < 1.29 is 14.3 Å². The average molecular weight is 312 g/mol. The van der Waals surface area contributed by atoms with Crippen LogP contribution in [0.2, 0.25) is 0 Å². The van der Waals surface area contributed by atoms with Crippen LogP contribution in [0.1, 0.15) is 29.9 Å². The normalized spacial score (nSPS) is 10.5. The molecule has 2 aromatic carbocycles. The van der Waals surface area contributed by atoms with Gasteiger partial charge in [-0.1, -0.05) is 42.5 Å². The molecule has 0 aliphatic heterocycles. The zero-order valence-corrected chi connectivity index (χ0v) is 12.8. The van der Waals surface area contributed by atoms with Gasteiger partial charge in [-0.3, -0.25) is 9.59 Å². The molecule has 5 heteroatoms. The Balaban J connectivity index is 2.10. The second-order valence-electron chi connectivity index (χ2n) is 5.38. The standard InChI is InChI=1S/C18H20N2O3/c19-17(21)10-15(11-18(20)22)14-7-4-8-16(9-14)23-12-13-5-2-1-3-6-13/h1-9,15H,10-12H2,(H2,19,21)(H2,20,22). The van der Waals surface area contributed by atoms with Crippen LogP contribution in [0.3, 0.4) is 0 Å². The second kappa shape index (κ2) is 7.98. The molecule has 5 nitrogen and oxygen atoms in total. The number of primary amides is 2. The van der Waals surface area contributed by atoms with Crippen LogP contribution in [-0.4, -0.2) is 11.8 Å². The number of amides is 2. The van der Waals surface area contributed by atoms with Gasteiger partial charge in [0.1, 0.15) is 12.4 Å². The monoisotopic (exact) mass is 312 g/mol. The van der Waals surface area contributed by atoms with Gasteiger partial charge in [0.25, 0.3) is 0 Å². The SMILES string of the molecule is NC(=O)CC(CC(N)=O)c1cccc(OCc2ccccc2)c1. The Hall–Kier alpha value is -2.82. The number of benzene rings is 2. The van der Waals surface area contributed by atoms with Crippen LogP contribution in [-0.2, 0) is 16.2 Å². The number of carbonyl (C=O) groups is 2. The second-order valence-corrected chi connectivity index (χ2v) is 5.38. The minimum atomic E-state index is -0.466. The van der Waals surface area contributed by atoms with Crippen LogP contribution in [0, 0.1) is 0 Å². The Labute approximate surface area is 135 Å². The molecule has 2 rings (SSSR count). The lowest BCUT2D eigenvalue weighted by Crippen LogP contribution is -2.20. The van der Waals surface area contributed by atoms with Crippen molar-refractivity contribution in [3.8, 4) is 5.75 Å². The molecule has 2 aromatic rings. The van der Waals surface area contributed by atoms with Crippen LogP contribution < -0.4 is 16.2 Å². The van der Waals surface area contributed by atoms with Crippen molar-refractivity contribution in [2.75, 3.05) is 0 Å². The molecule has 0 saturated heterocycles. The first-order valence-corrected chi connectivity index (χ1v) is 7.38. The van der Waals surface area contributed by atoms with E-state index < -0.39 is 11.8 Å². The Morgan fingerprint density at radius 2 is 1.57 bits per heavy atom. The van der Waals surface area contributed by atoms with Gasteiger partial charge in [-0.05, 0) is 23.3 Å². The molecule has 0 spiro atoms. The number of carbonyl (C=O) groups excluding carboxylic acids is 2. The maximum absolute atomic E-state index is 11.2. The predicted octanol–water partition coefficient (Wildman–Crippen LogP) is 2.10. The van der Waals surface area contributed by atoms with Gasteiger partial charge in [-0.2, -0.15) is 0 Å². The molecule has 2 amide bonds. The van der Waals surface area contributed by atoms with Crippen LogP contribution in [0.15, 0.2) is 54.6 Å². The maximum atomic E-state index is 11.2. The van der Waals surface area contributed by atoms with Crippen LogP contribution >= 0.6 is 0 Å². The number of rotatable bonds is 8. The van der Waals surface area contributed by atoms with Crippen molar-refractivity contribution in [3.05, 3.63) is 65.7 Å². The maximum Gasteiger partial charge on any atom is 0.218 e. The number of nitrogens with two attached hydrogens (primary N) is 2. The van der Waals surface area contributed by atoms with E-state index in [0.717, 1.165) is 11.1 Å². The first-order valence-electron chi connectivity index (χ1n) is 7.38. The molecule has 0 aromatic heterocycles. The summed E-state index contributed by atoms with van der Waals surface area (Å²) in [4.78, 5) is 22.4. The summed E-state index contributed by atoms with van der Waals surface area (Å²) in [5.41, 5.74) is 12.4. The summed E-state index contributed by atoms with van der Waals surface area (Å²) >= 11 is 0. The minimum absolute atomic E-state index is 0.0745. The third-order valence-electron chi connectivity index (χ3n) is 3.47. The van der Waals surface area contributed by atoms with E-state index in [4.69, 9.17) is 16.2 Å². The largest absolute Gasteiger partial charge is 0.489 e. The summed E-state index contributed by atoms with van der Waals surface area (Å²) in [6, 6.07) is 17.1. The molecule has 0 bridgehead atoms. The van der Waals surface area contributed by atoms with Gasteiger partial charge >= 0.3 is 0 Å². The smallest absolute Gasteiger partial charge is 0.218 e. The number of hydrogen-bond donors (Lipinski definition) is 2. The van der Waals surface area contributed by atoms with Crippen LogP contribution in [0.5, 0.6) is 5.75 Å². The third kappa shape index (κ3) is 5.47. The summed E-state index contributed by atoms with van der Waals surface area (Å²) in [6.45, 7) is 0.445. The highest BCUT2D eigenvalue weighted by Gasteiger charge is 2.17. The molecule has 120 valence electrons. The topological polar surface area (TPSA) is 95.4 Å². The van der Waals surface area contributed by atoms with Crippen LogP contribution in [0.4, 0.5) is 0 Å². The molecule has 0 radical (unpaired) electrons. The van der Waals surface area contributed by atoms with Gasteiger partial charge in [0.2, 0.25) is 11.8 Å². The molecule has 0 saturated carbocycles. The Kier molecular flexibility index (Phi) is 5.74. The van der Waals surface area contributed by atoms with Gasteiger partial charge in [-0.15, -0.1) is 0 Å². The molecule has 0 aliphatic carbocycles. The molecular formula is C18H20N2O3. The Bertz CT molecular complexity index is 655. The lowest BCUT2D eigenvalue weighted by atomic mass is 9.92. The number of hydrogen-bond acceptors (Lipinski definition) is 3. The first-order chi connectivity index (χ1) is 11.0. The van der Waals surface area contributed by atoms with Gasteiger partial charge in [0, 0.05) is 18.8 Å². The predicted molar refractivity (Wildman–Crippen MR) is 87.6 cm³/mol. The van der Waals surface area contributed by atoms with Gasteiger partial charge in [0.15, 0.2) is 0 Å². The fourth-order valence-corrected chi connectivity index (χ4v) is 2.39. The molecule has 0 atom stereocenters. The zero-order chi connectivity index (χ0) is 16.7. The van der Waals surface area contributed by atoms with E-state index in [9.17, 15) is 9.59 Å². The molecule has 0 unspecified atom stereocenters. The summed E-state index contributed by atoms with van der Waals surface area (Å²) in [5.74, 6) is -0.589. The fourth-order valence-electron chi connectivity index (χ4n) is 2.39. The van der Waals surface area contributed by atoms with E-state index in [1.165, 1.54) is 0 Å². The summed E-state index contributed by atoms with van der Waals surface area (Å²) in [7, 11) is 0. The zero-order valence-electron chi connectivity index (χ0n) is 12.8. The van der Waals surface area contributed by atoms with Crippen molar-refractivity contribution in [3.63, 3.8) is 0 Å². The van der Waals surface area contributed by atoms with E-state index in [2.05, 4.69) is 0 Å². The first kappa shape index (κ1) is 16.5. The van der Waals surface area contributed by atoms with E-state index in [1.807, 2.05) is 54.6 Å². The highest BCUT2D eigenvalue weighted by Crippen LogP contribution is 2.26. The van der Waals surface area contributed by atoms with Crippen LogP contribution in [0.25, 0.3) is 0 Å². The van der Waals surface area contributed by atoms with Crippen molar-refractivity contribution in [2.45, 2.75) is 25.4 Å². The van der Waals surface area contributed by atoms with Crippen molar-refractivity contribution in [1.82, 2.24) is 0 Å². The van der Waals surface area contributed by atoms with E-state index in [0.29, 0.717) is 12.4 Å². The average Bonchev–Trinajstić information content (AvgIpc) is 2.53. The summed E-state index contributed by atoms with van der Waals surface area (Å²) < 4.78 is 5.76. The van der Waals surface area contributed by atoms with Crippen molar-refractivity contribution in [1.29, 1.82) is 0 Å². The minimum Gasteiger partial charge on any atom is -0.489 e. The van der Waals surface area contributed by atoms with Crippen molar-refractivity contribution >= 4 is 11.8 Å². The van der Waals surface area contributed by atoms with Gasteiger partial charge < -0.3 is 16.2 Å². The quantitative estimate of drug-likeness (QED) is 0.781. The molecular weight excluding hydrogens is 292 g/mol. The van der Waals surface area contributed by atoms with E-state index in [1.54, 1.807) is 0 Å². The molecule has 0 aliphatic rings. The lowest BCUT2D eigenvalue weighted by molar-refractivity contribution is -0.119. The van der Waals surface area contributed by atoms with Crippen molar-refractivity contribution in [2.24, 2.45) is 11.5 Å². The lowest BCUT2D eigenvalue weighted by Gasteiger charge is -2.15. The highest BCUT2D eigenvalue weighted by atomic mass is 16.5. The number of ether oxygens (including phenoxy) is 1. The highest BCUT2D eigenvalue weighted by molar-refractivity contribution is 5.78. The fraction of sp³-hybridized carbons (Fsp3) is 0.222. The summed E-state index contributed by atoms with van der Waals surface area (Å²) in [5, 5.41) is 0.